The molecule has 13 heteroatoms. The zero-order valence-corrected chi connectivity index (χ0v) is 20.5. The van der Waals surface area contributed by atoms with Crippen molar-refractivity contribution in [1.29, 1.82) is 0 Å². The highest BCUT2D eigenvalue weighted by Crippen LogP contribution is 2.45. The van der Waals surface area contributed by atoms with Gasteiger partial charge in [-0.25, -0.2) is 4.79 Å². The van der Waals surface area contributed by atoms with Gasteiger partial charge in [0.05, 0.1) is 36.1 Å². The normalized spacial score (nSPS) is 13.8. The van der Waals surface area contributed by atoms with Gasteiger partial charge in [0.1, 0.15) is 6.04 Å². The smallest absolute Gasteiger partial charge is 0.330 e. The Balaban J connectivity index is 1.86. The molecule has 2 amide bonds. The molecule has 1 atom stereocenters. The highest BCUT2D eigenvalue weighted by molar-refractivity contribution is 6.55. The first kappa shape index (κ1) is 25.9. The van der Waals surface area contributed by atoms with Gasteiger partial charge in [-0.15, -0.1) is 0 Å². The predicted molar refractivity (Wildman–Crippen MR) is 124 cm³/mol. The number of ketones is 1. The number of rotatable bonds is 7. The van der Waals surface area contributed by atoms with E-state index >= 15 is 0 Å². The van der Waals surface area contributed by atoms with Crippen LogP contribution < -0.4 is 0 Å². The zero-order valence-electron chi connectivity index (χ0n) is 17.4. The summed E-state index contributed by atoms with van der Waals surface area (Å²) >= 11 is 24.3. The van der Waals surface area contributed by atoms with Crippen molar-refractivity contribution in [2.24, 2.45) is 5.92 Å². The molecule has 1 aliphatic heterocycles. The number of carbonyl (C=O) groups excluding carboxylic acids is 4. The van der Waals surface area contributed by atoms with Gasteiger partial charge in [0.15, 0.2) is 6.61 Å². The summed E-state index contributed by atoms with van der Waals surface area (Å²) in [7, 11) is 0. The minimum absolute atomic E-state index is 0.0494. The maximum atomic E-state index is 13.1. The van der Waals surface area contributed by atoms with Gasteiger partial charge in [-0.3, -0.25) is 29.4 Å². The van der Waals surface area contributed by atoms with Crippen molar-refractivity contribution in [3.05, 3.63) is 71.2 Å². The number of halogens is 4. The van der Waals surface area contributed by atoms with Crippen LogP contribution in [0.25, 0.3) is 0 Å². The molecule has 0 unspecified atom stereocenters. The van der Waals surface area contributed by atoms with Crippen molar-refractivity contribution in [3.8, 4) is 0 Å². The van der Waals surface area contributed by atoms with Crippen LogP contribution >= 0.6 is 46.4 Å². The minimum atomic E-state index is -1.44. The largest absolute Gasteiger partial charge is 0.456 e. The van der Waals surface area contributed by atoms with E-state index in [2.05, 4.69) is 0 Å². The lowest BCUT2D eigenvalue weighted by Gasteiger charge is -2.27. The quantitative estimate of drug-likeness (QED) is 0.0880. The van der Waals surface area contributed by atoms with Crippen LogP contribution in [0.15, 0.2) is 24.3 Å². The van der Waals surface area contributed by atoms with Gasteiger partial charge in [-0.2, -0.15) is 0 Å². The Morgan fingerprint density at radius 2 is 1.53 bits per heavy atom. The fourth-order valence-corrected chi connectivity index (χ4v) is 4.41. The molecule has 0 saturated heterocycles. The second kappa shape index (κ2) is 9.87. The van der Waals surface area contributed by atoms with Crippen molar-refractivity contribution in [1.82, 2.24) is 4.90 Å². The molecule has 0 aliphatic carbocycles. The monoisotopic (exact) mass is 546 g/mol. The van der Waals surface area contributed by atoms with E-state index in [-0.39, 0.29) is 42.5 Å². The van der Waals surface area contributed by atoms with Crippen LogP contribution in [0, 0.1) is 16.0 Å². The van der Waals surface area contributed by atoms with Crippen LogP contribution in [-0.4, -0.2) is 46.0 Å². The number of amides is 2. The molecule has 0 N–H and O–H groups in total. The second-order valence-corrected chi connectivity index (χ2v) is 9.03. The zero-order chi connectivity index (χ0) is 25.5. The van der Waals surface area contributed by atoms with E-state index < -0.39 is 47.1 Å². The van der Waals surface area contributed by atoms with Gasteiger partial charge in [0, 0.05) is 17.7 Å². The standard InChI is InChI=1S/C21H14Cl4N2O7/c1-8(2)18(21(31)34-7-11(28)9-4-3-5-10(6-9)27(32)33)26-19(29)12-13(20(26)30)15(23)17(25)16(24)14(12)22/h3-6,8,18H,7H2,1-2H3/t18-/m1/s1. The summed E-state index contributed by atoms with van der Waals surface area (Å²) in [4.78, 5) is 62.3. The van der Waals surface area contributed by atoms with Gasteiger partial charge in [-0.1, -0.05) is 72.4 Å². The van der Waals surface area contributed by atoms with Crippen LogP contribution in [0.2, 0.25) is 20.1 Å². The minimum Gasteiger partial charge on any atom is -0.456 e. The maximum Gasteiger partial charge on any atom is 0.330 e. The molecule has 0 saturated carbocycles. The van der Waals surface area contributed by atoms with E-state index in [9.17, 15) is 29.3 Å². The number of Topliss-reactive ketones (excluding diaryl/α,β-unsaturated/α-hetero) is 1. The molecule has 9 nitrogen and oxygen atoms in total. The molecule has 0 bridgehead atoms. The van der Waals surface area contributed by atoms with Crippen molar-refractivity contribution in [2.75, 3.05) is 6.61 Å². The molecule has 0 spiro atoms. The number of non-ortho nitro benzene ring substituents is 1. The first-order chi connectivity index (χ1) is 15.9. The molecule has 2 aromatic rings. The third kappa shape index (κ3) is 4.48. The summed E-state index contributed by atoms with van der Waals surface area (Å²) in [6.45, 7) is 2.34. The summed E-state index contributed by atoms with van der Waals surface area (Å²) < 4.78 is 5.08. The lowest BCUT2D eigenvalue weighted by Crippen LogP contribution is -2.49. The number of nitro benzene ring substituents is 1. The van der Waals surface area contributed by atoms with Gasteiger partial charge >= 0.3 is 5.97 Å². The van der Waals surface area contributed by atoms with Gasteiger partial charge in [0.2, 0.25) is 5.78 Å². The van der Waals surface area contributed by atoms with E-state index in [4.69, 9.17) is 51.1 Å². The van der Waals surface area contributed by atoms with E-state index in [1.807, 2.05) is 0 Å². The van der Waals surface area contributed by atoms with E-state index in [0.29, 0.717) is 4.90 Å². The van der Waals surface area contributed by atoms with Crippen LogP contribution in [-0.2, 0) is 9.53 Å². The Morgan fingerprint density at radius 1 is 1.00 bits per heavy atom. The second-order valence-electron chi connectivity index (χ2n) is 7.51. The highest BCUT2D eigenvalue weighted by Gasteiger charge is 2.48. The Morgan fingerprint density at radius 3 is 2.00 bits per heavy atom. The van der Waals surface area contributed by atoms with Crippen LogP contribution in [0.1, 0.15) is 44.9 Å². The Labute approximate surface area is 212 Å². The predicted octanol–water partition coefficient (Wildman–Crippen LogP) is 5.26. The topological polar surface area (TPSA) is 124 Å². The summed E-state index contributed by atoms with van der Waals surface area (Å²) in [6.07, 6.45) is 0. The molecular weight excluding hydrogens is 534 g/mol. The Kier molecular flexibility index (Phi) is 7.52. The molecule has 1 heterocycles. The molecule has 0 fully saturated rings. The number of fused-ring (bicyclic) bond motifs is 1. The van der Waals surface area contributed by atoms with Crippen LogP contribution in [0.5, 0.6) is 0 Å². The molecular formula is C21H14Cl4N2O7. The third-order valence-corrected chi connectivity index (χ3v) is 6.81. The average Bonchev–Trinajstić information content (AvgIpc) is 3.05. The van der Waals surface area contributed by atoms with Gasteiger partial charge in [0.25, 0.3) is 17.5 Å². The summed E-state index contributed by atoms with van der Waals surface area (Å²) in [5.41, 5.74) is -0.949. The lowest BCUT2D eigenvalue weighted by atomic mass is 10.0. The first-order valence-corrected chi connectivity index (χ1v) is 11.1. The first-order valence-electron chi connectivity index (χ1n) is 9.56. The van der Waals surface area contributed by atoms with E-state index in [1.165, 1.54) is 18.2 Å². The summed E-state index contributed by atoms with van der Waals surface area (Å²) in [5.74, 6) is -4.25. The van der Waals surface area contributed by atoms with E-state index in [0.717, 1.165) is 6.07 Å². The maximum absolute atomic E-state index is 13.1. The summed E-state index contributed by atoms with van der Waals surface area (Å²) in [6, 6.07) is 3.44. The number of ether oxygens (including phenoxy) is 1. The SMILES string of the molecule is CC(C)[C@H](C(=O)OCC(=O)c1cccc([N+](=O)[O-])c1)N1C(=O)c2c(Cl)c(Cl)c(Cl)c(Cl)c2C1=O. The number of hydrogen-bond acceptors (Lipinski definition) is 7. The van der Waals surface area contributed by atoms with Crippen LogP contribution in [0.4, 0.5) is 5.69 Å². The molecule has 178 valence electrons. The molecule has 3 rings (SSSR count). The number of nitrogens with zero attached hydrogens (tertiary/aromatic N) is 2. The number of imide groups is 1. The molecule has 0 radical (unpaired) electrons. The average molecular weight is 548 g/mol. The molecule has 2 aromatic carbocycles. The Bertz CT molecular complexity index is 1220. The third-order valence-electron chi connectivity index (χ3n) is 5.01. The number of benzene rings is 2. The van der Waals surface area contributed by atoms with E-state index in [1.54, 1.807) is 13.8 Å². The van der Waals surface area contributed by atoms with Crippen molar-refractivity contribution < 1.29 is 28.8 Å². The summed E-state index contributed by atoms with van der Waals surface area (Å²) in [5, 5.41) is 9.88. The molecule has 1 aliphatic rings. The van der Waals surface area contributed by atoms with Crippen molar-refractivity contribution >= 4 is 75.7 Å². The van der Waals surface area contributed by atoms with Gasteiger partial charge < -0.3 is 4.74 Å². The number of carbonyl (C=O) groups is 4. The molecule has 0 aromatic heterocycles. The van der Waals surface area contributed by atoms with Crippen molar-refractivity contribution in [2.45, 2.75) is 19.9 Å². The number of esters is 1. The fraction of sp³-hybridized carbons (Fsp3) is 0.238. The number of nitro groups is 1. The number of hydrogen-bond donors (Lipinski definition) is 0. The lowest BCUT2D eigenvalue weighted by molar-refractivity contribution is -0.384. The van der Waals surface area contributed by atoms with Gasteiger partial charge in [-0.05, 0) is 5.92 Å². The van der Waals surface area contributed by atoms with Crippen molar-refractivity contribution in [3.63, 3.8) is 0 Å². The fourth-order valence-electron chi connectivity index (χ4n) is 3.39. The molecule has 34 heavy (non-hydrogen) atoms. The Hall–Kier alpha value is -2.72. The van der Waals surface area contributed by atoms with Crippen LogP contribution in [0.3, 0.4) is 0 Å². The highest BCUT2D eigenvalue weighted by atomic mass is 35.5.